The van der Waals surface area contributed by atoms with E-state index in [4.69, 9.17) is 0 Å². The first kappa shape index (κ1) is 15.9. The van der Waals surface area contributed by atoms with Crippen LogP contribution < -0.4 is 10.2 Å². The number of benzene rings is 1. The Morgan fingerprint density at radius 3 is 2.30 bits per heavy atom. The van der Waals surface area contributed by atoms with Crippen LogP contribution in [-0.2, 0) is 0 Å². The van der Waals surface area contributed by atoms with Crippen molar-refractivity contribution in [3.05, 3.63) is 46.7 Å². The number of nitrogens with zero attached hydrogens (tertiary/aromatic N) is 4. The van der Waals surface area contributed by atoms with Gasteiger partial charge in [0.25, 0.3) is 5.91 Å². The summed E-state index contributed by atoms with van der Waals surface area (Å²) < 4.78 is 0.939. The molecule has 120 valence electrons. The van der Waals surface area contributed by atoms with Crippen molar-refractivity contribution in [3.63, 3.8) is 0 Å². The van der Waals surface area contributed by atoms with E-state index in [1.54, 1.807) is 24.5 Å². The fourth-order valence-electron chi connectivity index (χ4n) is 2.36. The highest BCUT2D eigenvalue weighted by atomic mass is 79.9. The van der Waals surface area contributed by atoms with Crippen LogP contribution in [0.25, 0.3) is 0 Å². The number of hydrogen-bond acceptors (Lipinski definition) is 5. The van der Waals surface area contributed by atoms with Gasteiger partial charge >= 0.3 is 0 Å². The highest BCUT2D eigenvalue weighted by Gasteiger charge is 2.16. The molecule has 1 aliphatic heterocycles. The number of likely N-dealkylation sites (N-methyl/N-ethyl adjacent to an activating group) is 1. The molecule has 1 aromatic carbocycles. The third-order valence-electron chi connectivity index (χ3n) is 3.79. The van der Waals surface area contributed by atoms with Crippen LogP contribution in [0.15, 0.2) is 41.1 Å². The van der Waals surface area contributed by atoms with E-state index in [0.717, 1.165) is 30.7 Å². The molecule has 23 heavy (non-hydrogen) atoms. The number of aromatic nitrogens is 2. The molecule has 0 unspecified atom stereocenters. The Balaban J connectivity index is 1.63. The Morgan fingerprint density at radius 2 is 1.70 bits per heavy atom. The van der Waals surface area contributed by atoms with E-state index in [1.807, 2.05) is 12.1 Å². The lowest BCUT2D eigenvalue weighted by atomic mass is 10.2. The third-order valence-corrected chi connectivity index (χ3v) is 4.32. The number of rotatable bonds is 3. The third kappa shape index (κ3) is 4.05. The molecule has 1 N–H and O–H groups in total. The second-order valence-corrected chi connectivity index (χ2v) is 6.44. The lowest BCUT2D eigenvalue weighted by Gasteiger charge is -2.32. The predicted molar refractivity (Wildman–Crippen MR) is 93.8 cm³/mol. The molecule has 1 amide bonds. The molecule has 0 bridgehead atoms. The van der Waals surface area contributed by atoms with Crippen molar-refractivity contribution >= 4 is 33.5 Å². The lowest BCUT2D eigenvalue weighted by Crippen LogP contribution is -2.45. The second kappa shape index (κ2) is 7.06. The van der Waals surface area contributed by atoms with Gasteiger partial charge in [-0.25, -0.2) is 9.97 Å². The van der Waals surface area contributed by atoms with Crippen LogP contribution >= 0.6 is 15.9 Å². The van der Waals surface area contributed by atoms with Gasteiger partial charge in [-0.1, -0.05) is 15.9 Å². The number of amides is 1. The summed E-state index contributed by atoms with van der Waals surface area (Å²) >= 11 is 3.35. The molecule has 2 aromatic rings. The molecule has 2 heterocycles. The van der Waals surface area contributed by atoms with E-state index in [-0.39, 0.29) is 5.91 Å². The fourth-order valence-corrected chi connectivity index (χ4v) is 2.62. The van der Waals surface area contributed by atoms with Gasteiger partial charge < -0.3 is 15.1 Å². The molecular formula is C16H18BrN5O. The standard InChI is InChI=1S/C16H18BrN5O/c1-21-6-8-22(9-7-21)16-18-10-14(11-19-16)20-15(23)12-2-4-13(17)5-3-12/h2-5,10-11H,6-9H2,1H3,(H,20,23). The smallest absolute Gasteiger partial charge is 0.255 e. The Kier molecular flexibility index (Phi) is 4.88. The topological polar surface area (TPSA) is 61.4 Å². The van der Waals surface area contributed by atoms with Crippen molar-refractivity contribution in [2.45, 2.75) is 0 Å². The van der Waals surface area contributed by atoms with E-state index in [1.165, 1.54) is 0 Å². The maximum atomic E-state index is 12.2. The molecule has 0 aliphatic carbocycles. The van der Waals surface area contributed by atoms with Crippen molar-refractivity contribution in [2.24, 2.45) is 0 Å². The SMILES string of the molecule is CN1CCN(c2ncc(NC(=O)c3ccc(Br)cc3)cn2)CC1. The highest BCUT2D eigenvalue weighted by molar-refractivity contribution is 9.10. The maximum absolute atomic E-state index is 12.2. The zero-order valence-electron chi connectivity index (χ0n) is 12.9. The molecule has 0 saturated carbocycles. The Morgan fingerprint density at radius 1 is 1.09 bits per heavy atom. The second-order valence-electron chi connectivity index (χ2n) is 5.52. The summed E-state index contributed by atoms with van der Waals surface area (Å²) in [6.45, 7) is 3.85. The number of hydrogen-bond donors (Lipinski definition) is 1. The summed E-state index contributed by atoms with van der Waals surface area (Å²) in [6.07, 6.45) is 3.30. The Bertz CT molecular complexity index is 666. The Labute approximate surface area is 143 Å². The molecular weight excluding hydrogens is 358 g/mol. The van der Waals surface area contributed by atoms with E-state index in [2.05, 4.69) is 48.1 Å². The van der Waals surface area contributed by atoms with Crippen LogP contribution in [0, 0.1) is 0 Å². The van der Waals surface area contributed by atoms with Crippen molar-refractivity contribution in [1.82, 2.24) is 14.9 Å². The molecule has 6 nitrogen and oxygen atoms in total. The zero-order valence-corrected chi connectivity index (χ0v) is 14.5. The normalized spacial score (nSPS) is 15.5. The number of piperazine rings is 1. The number of carbonyl (C=O) groups is 1. The monoisotopic (exact) mass is 375 g/mol. The van der Waals surface area contributed by atoms with Gasteiger partial charge in [-0.15, -0.1) is 0 Å². The van der Waals surface area contributed by atoms with Crippen LogP contribution in [0.1, 0.15) is 10.4 Å². The highest BCUT2D eigenvalue weighted by Crippen LogP contribution is 2.14. The van der Waals surface area contributed by atoms with Crippen LogP contribution in [0.5, 0.6) is 0 Å². The molecule has 1 aromatic heterocycles. The first-order valence-electron chi connectivity index (χ1n) is 7.44. The van der Waals surface area contributed by atoms with Gasteiger partial charge in [-0.2, -0.15) is 0 Å². The van der Waals surface area contributed by atoms with E-state index in [9.17, 15) is 4.79 Å². The van der Waals surface area contributed by atoms with Crippen LogP contribution in [0.2, 0.25) is 0 Å². The van der Waals surface area contributed by atoms with Gasteiger partial charge in [-0.05, 0) is 31.3 Å². The Hall–Kier alpha value is -1.99. The number of halogens is 1. The number of anilines is 2. The van der Waals surface area contributed by atoms with Crippen LogP contribution in [0.3, 0.4) is 0 Å². The van der Waals surface area contributed by atoms with Crippen molar-refractivity contribution in [3.8, 4) is 0 Å². The first-order chi connectivity index (χ1) is 11.1. The van der Waals surface area contributed by atoms with Gasteiger partial charge in [0.15, 0.2) is 0 Å². The number of nitrogens with one attached hydrogen (secondary N) is 1. The number of carbonyl (C=O) groups excluding carboxylic acids is 1. The molecule has 1 fully saturated rings. The van der Waals surface area contributed by atoms with Gasteiger partial charge in [0.2, 0.25) is 5.95 Å². The average Bonchev–Trinajstić information content (AvgIpc) is 2.57. The van der Waals surface area contributed by atoms with Crippen molar-refractivity contribution in [1.29, 1.82) is 0 Å². The van der Waals surface area contributed by atoms with Crippen LogP contribution in [-0.4, -0.2) is 54.0 Å². The molecule has 1 aliphatic rings. The first-order valence-corrected chi connectivity index (χ1v) is 8.23. The molecule has 7 heteroatoms. The van der Waals surface area contributed by atoms with Crippen LogP contribution in [0.4, 0.5) is 11.6 Å². The molecule has 0 spiro atoms. The van der Waals surface area contributed by atoms with Gasteiger partial charge in [0, 0.05) is 36.2 Å². The average molecular weight is 376 g/mol. The van der Waals surface area contributed by atoms with E-state index >= 15 is 0 Å². The molecule has 0 atom stereocenters. The van der Waals surface area contributed by atoms with Gasteiger partial charge in [0.05, 0.1) is 18.1 Å². The molecule has 3 rings (SSSR count). The minimum Gasteiger partial charge on any atom is -0.338 e. The van der Waals surface area contributed by atoms with E-state index in [0.29, 0.717) is 17.2 Å². The molecule has 0 radical (unpaired) electrons. The zero-order chi connectivity index (χ0) is 16.2. The lowest BCUT2D eigenvalue weighted by molar-refractivity contribution is 0.102. The largest absolute Gasteiger partial charge is 0.338 e. The van der Waals surface area contributed by atoms with Crippen molar-refractivity contribution < 1.29 is 4.79 Å². The van der Waals surface area contributed by atoms with Gasteiger partial charge in [-0.3, -0.25) is 4.79 Å². The minimum atomic E-state index is -0.173. The van der Waals surface area contributed by atoms with Crippen molar-refractivity contribution in [2.75, 3.05) is 43.4 Å². The summed E-state index contributed by atoms with van der Waals surface area (Å²) in [5.74, 6) is 0.535. The summed E-state index contributed by atoms with van der Waals surface area (Å²) in [5.41, 5.74) is 1.19. The molecule has 1 saturated heterocycles. The summed E-state index contributed by atoms with van der Waals surface area (Å²) in [7, 11) is 2.11. The quantitative estimate of drug-likeness (QED) is 0.891. The summed E-state index contributed by atoms with van der Waals surface area (Å²) in [4.78, 5) is 25.3. The van der Waals surface area contributed by atoms with Gasteiger partial charge in [0.1, 0.15) is 0 Å². The summed E-state index contributed by atoms with van der Waals surface area (Å²) in [5, 5.41) is 2.81. The maximum Gasteiger partial charge on any atom is 0.255 e. The minimum absolute atomic E-state index is 0.173. The fraction of sp³-hybridized carbons (Fsp3) is 0.312. The predicted octanol–water partition coefficient (Wildman–Crippen LogP) is 2.24. The van der Waals surface area contributed by atoms with E-state index < -0.39 is 0 Å². The summed E-state index contributed by atoms with van der Waals surface area (Å²) in [6, 6.07) is 7.20.